The van der Waals surface area contributed by atoms with Crippen molar-refractivity contribution in [3.63, 3.8) is 0 Å². The predicted octanol–water partition coefficient (Wildman–Crippen LogP) is 4.15. The second-order valence-electron chi connectivity index (χ2n) is 8.74. The molecule has 1 aliphatic carbocycles. The van der Waals surface area contributed by atoms with Crippen LogP contribution in [-0.2, 0) is 6.54 Å². The molecule has 0 atom stereocenters. The monoisotopic (exact) mass is 444 g/mol. The Hall–Kier alpha value is -3.05. The molecule has 2 aromatic carbocycles. The van der Waals surface area contributed by atoms with Crippen LogP contribution in [0.3, 0.4) is 0 Å². The maximum atomic E-state index is 6.80. The first kappa shape index (κ1) is 19.6. The Kier molecular flexibility index (Phi) is 4.99. The maximum absolute atomic E-state index is 6.80. The number of hydrogen-bond donors (Lipinski definition) is 2. The van der Waals surface area contributed by atoms with Gasteiger partial charge in [-0.3, -0.25) is 4.99 Å². The van der Waals surface area contributed by atoms with Crippen molar-refractivity contribution in [3.8, 4) is 5.75 Å². The quantitative estimate of drug-likeness (QED) is 0.637. The minimum atomic E-state index is 0.235. The van der Waals surface area contributed by atoms with Gasteiger partial charge in [0.2, 0.25) is 0 Å². The van der Waals surface area contributed by atoms with Crippen LogP contribution >= 0.6 is 11.6 Å². The molecule has 2 aliphatic heterocycles. The minimum Gasteiger partial charge on any atom is -0.490 e. The highest BCUT2D eigenvalue weighted by Crippen LogP contribution is 2.37. The highest BCUT2D eigenvalue weighted by atomic mass is 35.5. The standard InChI is InChI=1S/C26H25ClN4O/c27-22-11-12-28-25-21-14-29-30-15-23(21)31-26(25)24(22)17-6-8-19(9-7-17)32-20-10-5-16-3-1-2-4-18(16)13-20/h1-5,10-11,13,15,17,19,29,31H,6-9,12,14H2/t17-,19-. The lowest BCUT2D eigenvalue weighted by atomic mass is 9.82. The molecule has 1 aromatic heterocycles. The largest absolute Gasteiger partial charge is 0.490 e. The molecule has 32 heavy (non-hydrogen) atoms. The number of aromatic nitrogens is 1. The molecule has 1 fully saturated rings. The van der Waals surface area contributed by atoms with E-state index in [2.05, 4.69) is 58.0 Å². The van der Waals surface area contributed by atoms with Crippen molar-refractivity contribution >= 4 is 34.2 Å². The Morgan fingerprint density at radius 1 is 1.00 bits per heavy atom. The van der Waals surface area contributed by atoms with Gasteiger partial charge in [0.15, 0.2) is 0 Å². The van der Waals surface area contributed by atoms with Gasteiger partial charge < -0.3 is 15.1 Å². The van der Waals surface area contributed by atoms with E-state index in [0.29, 0.717) is 19.0 Å². The second kappa shape index (κ2) is 8.14. The predicted molar refractivity (Wildman–Crippen MR) is 129 cm³/mol. The average molecular weight is 445 g/mol. The van der Waals surface area contributed by atoms with Crippen LogP contribution in [0.5, 0.6) is 5.75 Å². The summed E-state index contributed by atoms with van der Waals surface area (Å²) in [6.07, 6.45) is 8.24. The van der Waals surface area contributed by atoms with Crippen molar-refractivity contribution in [1.82, 2.24) is 10.4 Å². The number of rotatable bonds is 3. The van der Waals surface area contributed by atoms with Gasteiger partial charge in [0, 0.05) is 10.6 Å². The van der Waals surface area contributed by atoms with E-state index in [0.717, 1.165) is 52.9 Å². The molecule has 3 aromatic rings. The van der Waals surface area contributed by atoms with Gasteiger partial charge >= 0.3 is 0 Å². The van der Waals surface area contributed by atoms with Gasteiger partial charge in [0.1, 0.15) is 5.75 Å². The van der Waals surface area contributed by atoms with Gasteiger partial charge in [-0.15, -0.1) is 0 Å². The lowest BCUT2D eigenvalue weighted by Crippen LogP contribution is -2.33. The number of allylic oxidation sites excluding steroid dienone is 1. The summed E-state index contributed by atoms with van der Waals surface area (Å²) in [6.45, 7) is 1.30. The van der Waals surface area contributed by atoms with Crippen LogP contribution in [0.1, 0.15) is 36.9 Å². The summed E-state index contributed by atoms with van der Waals surface area (Å²) in [4.78, 5) is 8.38. The van der Waals surface area contributed by atoms with Crippen LogP contribution in [0.4, 0.5) is 0 Å². The Bertz CT molecular complexity index is 1360. The zero-order valence-electron chi connectivity index (χ0n) is 17.8. The molecule has 0 unspecified atom stereocenters. The van der Waals surface area contributed by atoms with Crippen molar-refractivity contribution in [2.75, 3.05) is 6.54 Å². The fourth-order valence-corrected chi connectivity index (χ4v) is 5.51. The third kappa shape index (κ3) is 3.51. The van der Waals surface area contributed by atoms with E-state index < -0.39 is 0 Å². The number of H-pyrrole nitrogens is 1. The lowest BCUT2D eigenvalue weighted by molar-refractivity contribution is 0.143. The van der Waals surface area contributed by atoms with Gasteiger partial charge in [0.25, 0.3) is 0 Å². The van der Waals surface area contributed by atoms with Gasteiger partial charge in [-0.05, 0) is 66.2 Å². The number of aromatic amines is 1. The molecule has 5 nitrogen and oxygen atoms in total. The SMILES string of the molecule is ClC1=CCN=c2c3c([nH]c2=C1[C@H]1CC[C@H](Oc2ccc4ccccc4c2)CC1)C=NNC3. The summed E-state index contributed by atoms with van der Waals surface area (Å²) < 4.78 is 6.38. The molecular weight excluding hydrogens is 420 g/mol. The first-order valence-electron chi connectivity index (χ1n) is 11.3. The topological polar surface area (TPSA) is 61.8 Å². The smallest absolute Gasteiger partial charge is 0.120 e. The van der Waals surface area contributed by atoms with Crippen LogP contribution in [-0.4, -0.2) is 23.8 Å². The van der Waals surface area contributed by atoms with Crippen LogP contribution in [0.15, 0.2) is 63.7 Å². The number of ether oxygens (including phenoxy) is 1. The summed E-state index contributed by atoms with van der Waals surface area (Å²) in [7, 11) is 0. The van der Waals surface area contributed by atoms with Crippen LogP contribution in [0, 0.1) is 5.92 Å². The van der Waals surface area contributed by atoms with Gasteiger partial charge in [0.05, 0.1) is 41.8 Å². The van der Waals surface area contributed by atoms with E-state index in [1.807, 2.05) is 12.3 Å². The van der Waals surface area contributed by atoms with Gasteiger partial charge in [-0.2, -0.15) is 5.10 Å². The molecule has 0 saturated heterocycles. The summed E-state index contributed by atoms with van der Waals surface area (Å²) in [5.74, 6) is 1.35. The normalized spacial score (nSPS) is 22.3. The van der Waals surface area contributed by atoms with Crippen LogP contribution in [0.2, 0.25) is 0 Å². The third-order valence-electron chi connectivity index (χ3n) is 6.80. The Balaban J connectivity index is 1.25. The number of benzene rings is 2. The van der Waals surface area contributed by atoms with Crippen molar-refractivity contribution in [2.24, 2.45) is 16.0 Å². The third-order valence-corrected chi connectivity index (χ3v) is 7.16. The van der Waals surface area contributed by atoms with Crippen molar-refractivity contribution in [2.45, 2.75) is 38.3 Å². The minimum absolute atomic E-state index is 0.235. The molecule has 6 rings (SSSR count). The highest BCUT2D eigenvalue weighted by Gasteiger charge is 2.28. The Labute approximate surface area is 191 Å². The van der Waals surface area contributed by atoms with E-state index >= 15 is 0 Å². The van der Waals surface area contributed by atoms with Gasteiger partial charge in [-0.25, -0.2) is 0 Å². The molecular formula is C26H25ClN4O. The molecule has 0 amide bonds. The zero-order chi connectivity index (χ0) is 21.5. The zero-order valence-corrected chi connectivity index (χ0v) is 18.5. The summed E-state index contributed by atoms with van der Waals surface area (Å²) in [6, 6.07) is 14.8. The number of halogens is 1. The number of hydrogen-bond acceptors (Lipinski definition) is 4. The van der Waals surface area contributed by atoms with E-state index in [4.69, 9.17) is 21.3 Å². The van der Waals surface area contributed by atoms with Crippen molar-refractivity contribution in [1.29, 1.82) is 0 Å². The number of fused-ring (bicyclic) bond motifs is 4. The number of hydrazone groups is 1. The average Bonchev–Trinajstić information content (AvgIpc) is 3.10. The molecule has 0 spiro atoms. The van der Waals surface area contributed by atoms with E-state index in [1.165, 1.54) is 21.9 Å². The molecule has 3 aliphatic rings. The van der Waals surface area contributed by atoms with E-state index in [-0.39, 0.29) is 6.10 Å². The molecule has 3 heterocycles. The maximum Gasteiger partial charge on any atom is 0.120 e. The van der Waals surface area contributed by atoms with Crippen LogP contribution < -0.4 is 20.9 Å². The van der Waals surface area contributed by atoms with Crippen LogP contribution in [0.25, 0.3) is 16.3 Å². The molecule has 6 heteroatoms. The summed E-state index contributed by atoms with van der Waals surface area (Å²) in [5, 5.41) is 9.58. The number of nitrogens with one attached hydrogen (secondary N) is 2. The van der Waals surface area contributed by atoms with Crippen molar-refractivity contribution in [3.05, 3.63) is 75.5 Å². The fourth-order valence-electron chi connectivity index (χ4n) is 5.19. The number of nitrogens with zero attached hydrogens (tertiary/aromatic N) is 2. The molecule has 2 N–H and O–H groups in total. The summed E-state index contributed by atoms with van der Waals surface area (Å²) in [5.41, 5.74) is 6.48. The van der Waals surface area contributed by atoms with E-state index in [9.17, 15) is 0 Å². The molecule has 162 valence electrons. The molecule has 0 radical (unpaired) electrons. The van der Waals surface area contributed by atoms with Crippen molar-refractivity contribution < 1.29 is 4.74 Å². The first-order valence-corrected chi connectivity index (χ1v) is 11.7. The van der Waals surface area contributed by atoms with E-state index in [1.54, 1.807) is 0 Å². The fraction of sp³-hybridized carbons (Fsp3) is 0.308. The Morgan fingerprint density at radius 3 is 2.72 bits per heavy atom. The molecule has 0 bridgehead atoms. The Morgan fingerprint density at radius 2 is 1.84 bits per heavy atom. The van der Waals surface area contributed by atoms with Gasteiger partial charge in [-0.1, -0.05) is 41.9 Å². The highest BCUT2D eigenvalue weighted by molar-refractivity contribution is 6.35. The first-order chi connectivity index (χ1) is 15.8. The lowest BCUT2D eigenvalue weighted by Gasteiger charge is -2.30. The summed E-state index contributed by atoms with van der Waals surface area (Å²) >= 11 is 6.80. The second-order valence-corrected chi connectivity index (χ2v) is 9.15. The molecule has 1 saturated carbocycles.